The van der Waals surface area contributed by atoms with Gasteiger partial charge in [0.2, 0.25) is 0 Å². The molecule has 0 amide bonds. The van der Waals surface area contributed by atoms with E-state index in [2.05, 4.69) is 9.84 Å². The molecule has 3 N–H and O–H groups in total. The molecule has 8 heteroatoms. The molecule has 0 fully saturated rings. The van der Waals surface area contributed by atoms with E-state index in [-0.39, 0.29) is 12.5 Å². The van der Waals surface area contributed by atoms with Gasteiger partial charge < -0.3 is 19.8 Å². The van der Waals surface area contributed by atoms with Gasteiger partial charge in [0.1, 0.15) is 0 Å². The van der Waals surface area contributed by atoms with E-state index in [1.807, 2.05) is 0 Å². The Hall–Kier alpha value is 0.320. The van der Waals surface area contributed by atoms with Crippen LogP contribution in [0.5, 0.6) is 0 Å². The van der Waals surface area contributed by atoms with Crippen LogP contribution in [0.2, 0.25) is 0 Å². The summed E-state index contributed by atoms with van der Waals surface area (Å²) in [6.07, 6.45) is 0.663. The maximum Gasteiger partial charge on any atom is 0.405 e. The van der Waals surface area contributed by atoms with Crippen molar-refractivity contribution in [3.8, 4) is 0 Å². The van der Waals surface area contributed by atoms with Crippen molar-refractivity contribution in [3.63, 3.8) is 0 Å². The summed E-state index contributed by atoms with van der Waals surface area (Å²) in [6.45, 7) is 2.03. The SMILES string of the molecule is COP(=O)(O)N(CCCl)CCNCCCO. The highest BCUT2D eigenvalue weighted by Gasteiger charge is 2.26. The third-order valence-electron chi connectivity index (χ3n) is 2.00. The molecular formula is C8H20ClN2O4P. The Morgan fingerprint density at radius 2 is 2.12 bits per heavy atom. The summed E-state index contributed by atoms with van der Waals surface area (Å²) in [6, 6.07) is 0. The van der Waals surface area contributed by atoms with Gasteiger partial charge in [-0.1, -0.05) is 0 Å². The zero-order chi connectivity index (χ0) is 12.4. The van der Waals surface area contributed by atoms with Crippen LogP contribution in [-0.4, -0.2) is 60.4 Å². The minimum atomic E-state index is -3.70. The second-order valence-corrected chi connectivity index (χ2v) is 5.43. The van der Waals surface area contributed by atoms with Crippen LogP contribution in [0.15, 0.2) is 0 Å². The van der Waals surface area contributed by atoms with Crippen molar-refractivity contribution in [2.24, 2.45) is 0 Å². The topological polar surface area (TPSA) is 82.0 Å². The van der Waals surface area contributed by atoms with E-state index in [1.54, 1.807) is 0 Å². The number of hydrogen-bond donors (Lipinski definition) is 3. The van der Waals surface area contributed by atoms with E-state index < -0.39 is 7.75 Å². The number of nitrogens with zero attached hydrogens (tertiary/aromatic N) is 1. The number of nitrogens with one attached hydrogen (secondary N) is 1. The normalized spacial score (nSPS) is 15.3. The van der Waals surface area contributed by atoms with Crippen LogP contribution in [0.4, 0.5) is 0 Å². The third-order valence-corrected chi connectivity index (χ3v) is 3.76. The summed E-state index contributed by atoms with van der Waals surface area (Å²) in [4.78, 5) is 9.45. The van der Waals surface area contributed by atoms with Crippen LogP contribution < -0.4 is 5.32 Å². The number of hydrogen-bond acceptors (Lipinski definition) is 4. The minimum Gasteiger partial charge on any atom is -0.396 e. The molecule has 0 bridgehead atoms. The Bertz CT molecular complexity index is 220. The van der Waals surface area contributed by atoms with Gasteiger partial charge in [-0.3, -0.25) is 0 Å². The van der Waals surface area contributed by atoms with Crippen molar-refractivity contribution in [1.82, 2.24) is 9.99 Å². The average molecular weight is 275 g/mol. The van der Waals surface area contributed by atoms with Gasteiger partial charge in [-0.15, -0.1) is 11.6 Å². The van der Waals surface area contributed by atoms with Gasteiger partial charge in [0.05, 0.1) is 0 Å². The monoisotopic (exact) mass is 274 g/mol. The fourth-order valence-electron chi connectivity index (χ4n) is 1.11. The minimum absolute atomic E-state index is 0.134. The molecule has 0 aromatic carbocycles. The number of alkyl halides is 1. The van der Waals surface area contributed by atoms with Crippen molar-refractivity contribution in [1.29, 1.82) is 0 Å². The lowest BCUT2D eigenvalue weighted by atomic mass is 10.4. The van der Waals surface area contributed by atoms with Crippen LogP contribution in [-0.2, 0) is 9.09 Å². The predicted octanol–water partition coefficient (Wildman–Crippen LogP) is 0.246. The maximum absolute atomic E-state index is 11.5. The lowest BCUT2D eigenvalue weighted by Crippen LogP contribution is -2.32. The molecule has 0 aromatic rings. The summed E-state index contributed by atoms with van der Waals surface area (Å²) >= 11 is 5.54. The number of halogens is 1. The smallest absolute Gasteiger partial charge is 0.396 e. The Kier molecular flexibility index (Phi) is 9.55. The second kappa shape index (κ2) is 9.36. The zero-order valence-electron chi connectivity index (χ0n) is 9.43. The first-order chi connectivity index (χ1) is 7.58. The quantitative estimate of drug-likeness (QED) is 0.301. The molecule has 0 aliphatic carbocycles. The van der Waals surface area contributed by atoms with E-state index in [0.717, 1.165) is 0 Å². The van der Waals surface area contributed by atoms with Gasteiger partial charge in [0, 0.05) is 39.2 Å². The molecule has 0 spiro atoms. The van der Waals surface area contributed by atoms with Crippen molar-refractivity contribution in [2.75, 3.05) is 45.8 Å². The molecule has 16 heavy (non-hydrogen) atoms. The summed E-state index contributed by atoms with van der Waals surface area (Å²) in [7, 11) is -2.50. The van der Waals surface area contributed by atoms with Crippen molar-refractivity contribution in [3.05, 3.63) is 0 Å². The summed E-state index contributed by atoms with van der Waals surface area (Å²) < 4.78 is 17.4. The molecule has 1 atom stereocenters. The van der Waals surface area contributed by atoms with Crippen molar-refractivity contribution in [2.45, 2.75) is 6.42 Å². The fourth-order valence-corrected chi connectivity index (χ4v) is 2.37. The van der Waals surface area contributed by atoms with Crippen LogP contribution in [0, 0.1) is 0 Å². The largest absolute Gasteiger partial charge is 0.405 e. The summed E-state index contributed by atoms with van der Waals surface area (Å²) in [5, 5.41) is 11.6. The molecule has 0 heterocycles. The molecule has 0 saturated heterocycles. The second-order valence-electron chi connectivity index (χ2n) is 3.14. The lowest BCUT2D eigenvalue weighted by Gasteiger charge is -2.24. The Morgan fingerprint density at radius 3 is 2.62 bits per heavy atom. The molecular weight excluding hydrogens is 255 g/mol. The highest BCUT2D eigenvalue weighted by atomic mass is 35.5. The van der Waals surface area contributed by atoms with E-state index in [0.29, 0.717) is 32.6 Å². The molecule has 0 rings (SSSR count). The van der Waals surface area contributed by atoms with Crippen molar-refractivity contribution < 1.29 is 19.1 Å². The first-order valence-corrected chi connectivity index (χ1v) is 7.16. The van der Waals surface area contributed by atoms with E-state index in [1.165, 1.54) is 11.8 Å². The highest BCUT2D eigenvalue weighted by molar-refractivity contribution is 7.50. The summed E-state index contributed by atoms with van der Waals surface area (Å²) in [5.41, 5.74) is 0. The molecule has 0 aliphatic rings. The van der Waals surface area contributed by atoms with Gasteiger partial charge in [-0.2, -0.15) is 0 Å². The molecule has 0 radical (unpaired) electrons. The van der Waals surface area contributed by atoms with E-state index in [4.69, 9.17) is 16.7 Å². The van der Waals surface area contributed by atoms with E-state index >= 15 is 0 Å². The molecule has 6 nitrogen and oxygen atoms in total. The fraction of sp³-hybridized carbons (Fsp3) is 1.00. The van der Waals surface area contributed by atoms with Crippen LogP contribution in [0.3, 0.4) is 0 Å². The maximum atomic E-state index is 11.5. The molecule has 1 unspecified atom stereocenters. The average Bonchev–Trinajstić information content (AvgIpc) is 2.27. The standard InChI is InChI=1S/C8H20ClN2O4P/c1-15-16(13,14)11(6-3-9)7-5-10-4-2-8-12/h10,12H,2-8H2,1H3,(H,13,14). The Morgan fingerprint density at radius 1 is 1.44 bits per heavy atom. The zero-order valence-corrected chi connectivity index (χ0v) is 11.1. The lowest BCUT2D eigenvalue weighted by molar-refractivity contribution is 0.239. The third kappa shape index (κ3) is 6.81. The van der Waals surface area contributed by atoms with Crippen LogP contribution in [0.25, 0.3) is 0 Å². The van der Waals surface area contributed by atoms with Crippen LogP contribution >= 0.6 is 19.3 Å². The Balaban J connectivity index is 3.90. The van der Waals surface area contributed by atoms with Gasteiger partial charge in [0.25, 0.3) is 0 Å². The van der Waals surface area contributed by atoms with Gasteiger partial charge in [0.15, 0.2) is 0 Å². The first-order valence-electron chi connectivity index (χ1n) is 5.10. The van der Waals surface area contributed by atoms with Gasteiger partial charge in [-0.25, -0.2) is 9.24 Å². The molecule has 0 saturated carbocycles. The number of aliphatic hydroxyl groups excluding tert-OH is 1. The van der Waals surface area contributed by atoms with Crippen molar-refractivity contribution >= 4 is 19.3 Å². The van der Waals surface area contributed by atoms with E-state index in [9.17, 15) is 9.46 Å². The molecule has 0 aromatic heterocycles. The van der Waals surface area contributed by atoms with Gasteiger partial charge in [-0.05, 0) is 13.0 Å². The summed E-state index contributed by atoms with van der Waals surface area (Å²) in [5.74, 6) is 0.268. The Labute approximate surface area is 101 Å². The molecule has 0 aliphatic heterocycles. The van der Waals surface area contributed by atoms with Crippen LogP contribution in [0.1, 0.15) is 6.42 Å². The predicted molar refractivity (Wildman–Crippen MR) is 63.7 cm³/mol. The van der Waals surface area contributed by atoms with Gasteiger partial charge >= 0.3 is 7.75 Å². The molecule has 98 valence electrons. The number of rotatable bonds is 10. The highest BCUT2D eigenvalue weighted by Crippen LogP contribution is 2.44. The number of aliphatic hydroxyl groups is 1. The first kappa shape index (κ1) is 16.3.